The van der Waals surface area contributed by atoms with Crippen LogP contribution < -0.4 is 5.32 Å². The number of aliphatic imine (C=N–C) groups is 1. The van der Waals surface area contributed by atoms with Crippen LogP contribution in [0.3, 0.4) is 0 Å². The molecule has 2 N–H and O–H groups in total. The summed E-state index contributed by atoms with van der Waals surface area (Å²) in [5, 5.41) is 14.5. The van der Waals surface area contributed by atoms with Gasteiger partial charge < -0.3 is 19.2 Å². The summed E-state index contributed by atoms with van der Waals surface area (Å²) in [5.41, 5.74) is 0.965. The molecule has 1 aliphatic heterocycles. The third kappa shape index (κ3) is 4.39. The van der Waals surface area contributed by atoms with Gasteiger partial charge in [0.15, 0.2) is 11.7 Å². The van der Waals surface area contributed by atoms with E-state index in [0.29, 0.717) is 24.0 Å². The van der Waals surface area contributed by atoms with Gasteiger partial charge >= 0.3 is 0 Å². The van der Waals surface area contributed by atoms with Gasteiger partial charge in [-0.3, -0.25) is 10.00 Å². The van der Waals surface area contributed by atoms with Gasteiger partial charge in [-0.1, -0.05) is 5.16 Å². The molecule has 10 heteroatoms. The fraction of sp³-hybridized carbons (Fsp3) is 0.444. The Kier molecular flexibility index (Phi) is 5.66. The largest absolute Gasteiger partial charge is 0.461 e. The number of aromatic nitrogens is 4. The fourth-order valence-electron chi connectivity index (χ4n) is 3.12. The molecule has 148 valence electrons. The van der Waals surface area contributed by atoms with Crippen LogP contribution in [0.4, 0.5) is 0 Å². The quantitative estimate of drug-likeness (QED) is 0.484. The number of guanidine groups is 1. The minimum Gasteiger partial charge on any atom is -0.461 e. The van der Waals surface area contributed by atoms with E-state index in [2.05, 4.69) is 42.4 Å². The van der Waals surface area contributed by atoms with Crippen LogP contribution in [0.1, 0.15) is 18.4 Å². The predicted molar refractivity (Wildman–Crippen MR) is 102 cm³/mol. The van der Waals surface area contributed by atoms with Gasteiger partial charge in [-0.15, -0.1) is 5.10 Å². The van der Waals surface area contributed by atoms with E-state index in [9.17, 15) is 0 Å². The van der Waals surface area contributed by atoms with Crippen LogP contribution in [0.5, 0.6) is 0 Å². The normalized spacial score (nSPS) is 15.9. The summed E-state index contributed by atoms with van der Waals surface area (Å²) >= 11 is 0. The smallest absolute Gasteiger partial charge is 0.216 e. The highest BCUT2D eigenvalue weighted by molar-refractivity contribution is 5.80. The first-order valence-electron chi connectivity index (χ1n) is 9.42. The second-order valence-corrected chi connectivity index (χ2v) is 6.51. The summed E-state index contributed by atoms with van der Waals surface area (Å²) in [6.45, 7) is 7.81. The number of hydrogen-bond donors (Lipinski definition) is 2. The highest BCUT2D eigenvalue weighted by Crippen LogP contribution is 2.14. The first-order valence-corrected chi connectivity index (χ1v) is 9.42. The van der Waals surface area contributed by atoms with Crippen molar-refractivity contribution in [1.82, 2.24) is 35.5 Å². The lowest BCUT2D eigenvalue weighted by Gasteiger charge is -2.36. The van der Waals surface area contributed by atoms with Gasteiger partial charge in [0, 0.05) is 45.3 Å². The third-order valence-corrected chi connectivity index (χ3v) is 4.54. The minimum absolute atomic E-state index is 0.426. The average Bonchev–Trinajstić information content (AvgIpc) is 3.48. The summed E-state index contributed by atoms with van der Waals surface area (Å²) in [7, 11) is 0. The maximum Gasteiger partial charge on any atom is 0.216 e. The van der Waals surface area contributed by atoms with E-state index in [1.165, 1.54) is 0 Å². The molecule has 0 radical (unpaired) electrons. The van der Waals surface area contributed by atoms with Crippen molar-refractivity contribution < 1.29 is 8.94 Å². The Labute approximate surface area is 162 Å². The molecule has 10 nitrogen and oxygen atoms in total. The van der Waals surface area contributed by atoms with Gasteiger partial charge in [-0.05, 0) is 19.1 Å². The number of rotatable bonds is 6. The van der Waals surface area contributed by atoms with E-state index >= 15 is 0 Å². The summed E-state index contributed by atoms with van der Waals surface area (Å²) in [6.07, 6.45) is 3.22. The molecule has 1 saturated heterocycles. The van der Waals surface area contributed by atoms with Crippen molar-refractivity contribution in [3.63, 3.8) is 0 Å². The molecule has 4 heterocycles. The molecule has 0 bridgehead atoms. The Bertz CT molecular complexity index is 863. The van der Waals surface area contributed by atoms with Crippen LogP contribution in [0, 0.1) is 0 Å². The number of aromatic amines is 1. The second kappa shape index (κ2) is 8.70. The second-order valence-electron chi connectivity index (χ2n) is 6.51. The number of H-pyrrole nitrogens is 1. The number of nitrogens with one attached hydrogen (secondary N) is 2. The van der Waals surface area contributed by atoms with Gasteiger partial charge in [-0.25, -0.2) is 9.98 Å². The van der Waals surface area contributed by atoms with Gasteiger partial charge in [0.2, 0.25) is 5.82 Å². The van der Waals surface area contributed by atoms with Crippen molar-refractivity contribution in [2.45, 2.75) is 20.0 Å². The molecule has 0 spiro atoms. The molecule has 0 aromatic carbocycles. The number of furan rings is 1. The molecule has 1 aliphatic rings. The number of nitrogens with zero attached hydrogens (tertiary/aromatic N) is 6. The average molecular weight is 384 g/mol. The molecule has 0 aliphatic carbocycles. The molecule has 0 unspecified atom stereocenters. The highest BCUT2D eigenvalue weighted by Gasteiger charge is 2.20. The Morgan fingerprint density at radius 2 is 2.14 bits per heavy atom. The molecule has 3 aromatic rings. The topological polar surface area (TPSA) is 112 Å². The first kappa shape index (κ1) is 18.2. The van der Waals surface area contributed by atoms with Crippen molar-refractivity contribution in [3.05, 3.63) is 42.2 Å². The SMILES string of the molecule is CCNC(=NCc1nc(-c2ccco2)n[nH]1)N1CCN(Cc2ccon2)CC1. The van der Waals surface area contributed by atoms with Crippen LogP contribution >= 0.6 is 0 Å². The van der Waals surface area contributed by atoms with Crippen molar-refractivity contribution in [2.24, 2.45) is 4.99 Å². The minimum atomic E-state index is 0.426. The van der Waals surface area contributed by atoms with Crippen molar-refractivity contribution in [3.8, 4) is 11.6 Å². The summed E-state index contributed by atoms with van der Waals surface area (Å²) in [5.74, 6) is 2.77. The molecule has 28 heavy (non-hydrogen) atoms. The molecule has 3 aromatic heterocycles. The monoisotopic (exact) mass is 384 g/mol. The van der Waals surface area contributed by atoms with Crippen LogP contribution in [0.2, 0.25) is 0 Å². The third-order valence-electron chi connectivity index (χ3n) is 4.54. The van der Waals surface area contributed by atoms with E-state index in [-0.39, 0.29) is 0 Å². The predicted octanol–water partition coefficient (Wildman–Crippen LogP) is 1.34. The first-order chi connectivity index (χ1) is 13.8. The number of piperazine rings is 1. The van der Waals surface area contributed by atoms with E-state index in [1.54, 1.807) is 12.5 Å². The summed E-state index contributed by atoms with van der Waals surface area (Å²) in [6, 6.07) is 5.56. The Morgan fingerprint density at radius 1 is 1.25 bits per heavy atom. The van der Waals surface area contributed by atoms with Crippen LogP contribution in [0.25, 0.3) is 11.6 Å². The van der Waals surface area contributed by atoms with Gasteiger partial charge in [0.05, 0.1) is 12.0 Å². The van der Waals surface area contributed by atoms with Crippen LogP contribution in [-0.4, -0.2) is 68.8 Å². The van der Waals surface area contributed by atoms with Crippen molar-refractivity contribution in [1.29, 1.82) is 0 Å². The zero-order valence-electron chi connectivity index (χ0n) is 15.8. The zero-order valence-corrected chi connectivity index (χ0v) is 15.8. The molecule has 1 fully saturated rings. The number of hydrogen-bond acceptors (Lipinski definition) is 7. The standard InChI is InChI=1S/C18H24N8O2/c1-2-19-18(20-12-16-21-17(23-22-16)15-4-3-10-27-15)26-8-6-25(7-9-26)13-14-5-11-28-24-14/h3-5,10-11H,2,6-9,12-13H2,1H3,(H,19,20)(H,21,22,23). The molecular weight excluding hydrogens is 360 g/mol. The van der Waals surface area contributed by atoms with E-state index < -0.39 is 0 Å². The lowest BCUT2D eigenvalue weighted by Crippen LogP contribution is -2.52. The maximum absolute atomic E-state index is 5.32. The summed E-state index contributed by atoms with van der Waals surface area (Å²) in [4.78, 5) is 13.8. The lowest BCUT2D eigenvalue weighted by atomic mass is 10.3. The molecule has 0 atom stereocenters. The Morgan fingerprint density at radius 3 is 2.86 bits per heavy atom. The molecule has 4 rings (SSSR count). The molecule has 0 amide bonds. The maximum atomic E-state index is 5.32. The fourth-order valence-corrected chi connectivity index (χ4v) is 3.12. The zero-order chi connectivity index (χ0) is 19.2. The van der Waals surface area contributed by atoms with Gasteiger partial charge in [-0.2, -0.15) is 0 Å². The van der Waals surface area contributed by atoms with Gasteiger partial charge in [0.25, 0.3) is 0 Å². The summed E-state index contributed by atoms with van der Waals surface area (Å²) < 4.78 is 10.2. The van der Waals surface area contributed by atoms with Crippen molar-refractivity contribution >= 4 is 5.96 Å². The van der Waals surface area contributed by atoms with Gasteiger partial charge in [0.1, 0.15) is 18.6 Å². The Balaban J connectivity index is 1.34. The van der Waals surface area contributed by atoms with E-state index in [0.717, 1.165) is 50.9 Å². The van der Waals surface area contributed by atoms with E-state index in [1.807, 2.05) is 18.2 Å². The van der Waals surface area contributed by atoms with E-state index in [4.69, 9.17) is 13.9 Å². The Hall–Kier alpha value is -3.14. The van der Waals surface area contributed by atoms with Crippen LogP contribution in [-0.2, 0) is 13.1 Å². The van der Waals surface area contributed by atoms with Crippen LogP contribution in [0.15, 0.2) is 44.7 Å². The lowest BCUT2D eigenvalue weighted by molar-refractivity contribution is 0.169. The highest BCUT2D eigenvalue weighted by atomic mass is 16.5. The molecular formula is C18H24N8O2. The molecule has 0 saturated carbocycles. The van der Waals surface area contributed by atoms with Crippen molar-refractivity contribution in [2.75, 3.05) is 32.7 Å².